The van der Waals surface area contributed by atoms with Crippen molar-refractivity contribution in [2.45, 2.75) is 46.1 Å². The molecular formula is C13H23N3O4. The molecule has 20 heavy (non-hydrogen) atoms. The molecule has 0 radical (unpaired) electrons. The molecule has 1 rings (SSSR count). The Morgan fingerprint density at radius 1 is 1.30 bits per heavy atom. The van der Waals surface area contributed by atoms with E-state index in [1.807, 2.05) is 0 Å². The van der Waals surface area contributed by atoms with Crippen LogP contribution in [0.1, 0.15) is 40.5 Å². The monoisotopic (exact) mass is 285 g/mol. The first-order valence-electron chi connectivity index (χ1n) is 6.78. The van der Waals surface area contributed by atoms with Gasteiger partial charge in [-0.3, -0.25) is 0 Å². The van der Waals surface area contributed by atoms with Gasteiger partial charge in [0, 0.05) is 31.6 Å². The van der Waals surface area contributed by atoms with E-state index in [1.165, 1.54) is 0 Å². The summed E-state index contributed by atoms with van der Waals surface area (Å²) in [6.07, 6.45) is 0.368. The normalized spacial score (nSPS) is 15.6. The average molecular weight is 285 g/mol. The van der Waals surface area contributed by atoms with Gasteiger partial charge in [-0.25, -0.2) is 15.0 Å². The van der Waals surface area contributed by atoms with Crippen molar-refractivity contribution >= 4 is 17.9 Å². The molecule has 0 atom stereocenters. The molecule has 0 aliphatic carbocycles. The fourth-order valence-electron chi connectivity index (χ4n) is 1.70. The van der Waals surface area contributed by atoms with Crippen molar-refractivity contribution < 1.29 is 19.1 Å². The third-order valence-corrected chi connectivity index (χ3v) is 2.57. The number of hydrazone groups is 1. The Morgan fingerprint density at radius 3 is 2.40 bits per heavy atom. The molecular weight excluding hydrogens is 262 g/mol. The number of carbonyl (C=O) groups is 2. The van der Waals surface area contributed by atoms with Gasteiger partial charge in [-0.05, 0) is 27.7 Å². The maximum atomic E-state index is 11.5. The van der Waals surface area contributed by atoms with Crippen molar-refractivity contribution in [2.75, 3.05) is 19.7 Å². The molecule has 0 aromatic carbocycles. The second-order valence-corrected chi connectivity index (χ2v) is 5.48. The highest BCUT2D eigenvalue weighted by atomic mass is 16.6. The van der Waals surface area contributed by atoms with Gasteiger partial charge < -0.3 is 14.4 Å². The number of likely N-dealkylation sites (tertiary alicyclic amines) is 1. The Hall–Kier alpha value is -1.79. The van der Waals surface area contributed by atoms with Crippen LogP contribution in [0.2, 0.25) is 0 Å². The van der Waals surface area contributed by atoms with E-state index in [-0.39, 0.29) is 6.09 Å². The van der Waals surface area contributed by atoms with Crippen LogP contribution in [0, 0.1) is 0 Å². The molecule has 0 aromatic heterocycles. The molecule has 0 bridgehead atoms. The molecule has 0 unspecified atom stereocenters. The molecule has 1 aliphatic rings. The van der Waals surface area contributed by atoms with Gasteiger partial charge in [-0.15, -0.1) is 0 Å². The lowest BCUT2D eigenvalue weighted by molar-refractivity contribution is 0.0528. The van der Waals surface area contributed by atoms with E-state index in [0.717, 1.165) is 5.71 Å². The fourth-order valence-corrected chi connectivity index (χ4v) is 1.70. The molecule has 7 heteroatoms. The standard InChI is InChI=1S/C13H23N3O4/c1-5-19-12(18)16-8-6-10(7-9-16)14-15-11(17)20-13(2,3)4/h5-9H2,1-4H3,(H,15,17). The molecule has 0 saturated carbocycles. The van der Waals surface area contributed by atoms with Crippen molar-refractivity contribution in [1.29, 1.82) is 0 Å². The van der Waals surface area contributed by atoms with Gasteiger partial charge in [-0.1, -0.05) is 0 Å². The number of amides is 2. The van der Waals surface area contributed by atoms with Gasteiger partial charge in [0.05, 0.1) is 6.61 Å². The Kier molecular flexibility index (Phi) is 5.79. The zero-order chi connectivity index (χ0) is 15.2. The Balaban J connectivity index is 2.36. The van der Waals surface area contributed by atoms with Crippen LogP contribution < -0.4 is 5.43 Å². The van der Waals surface area contributed by atoms with E-state index in [2.05, 4.69) is 10.5 Å². The summed E-state index contributed by atoms with van der Waals surface area (Å²) < 4.78 is 10.0. The summed E-state index contributed by atoms with van der Waals surface area (Å²) in [6, 6.07) is 0. The molecule has 1 N–H and O–H groups in total. The summed E-state index contributed by atoms with van der Waals surface area (Å²) in [5, 5.41) is 4.02. The van der Waals surface area contributed by atoms with Crippen LogP contribution in [0.5, 0.6) is 0 Å². The molecule has 114 valence electrons. The summed E-state index contributed by atoms with van der Waals surface area (Å²) in [7, 11) is 0. The van der Waals surface area contributed by atoms with Crippen LogP contribution in [0.3, 0.4) is 0 Å². The highest BCUT2D eigenvalue weighted by molar-refractivity contribution is 5.87. The maximum absolute atomic E-state index is 11.5. The third kappa shape index (κ3) is 5.90. The van der Waals surface area contributed by atoms with E-state index in [9.17, 15) is 9.59 Å². The number of ether oxygens (including phenoxy) is 2. The van der Waals surface area contributed by atoms with Gasteiger partial charge >= 0.3 is 12.2 Å². The van der Waals surface area contributed by atoms with Gasteiger partial charge in [0.25, 0.3) is 0 Å². The van der Waals surface area contributed by atoms with Crippen LogP contribution >= 0.6 is 0 Å². The topological polar surface area (TPSA) is 80.2 Å². The van der Waals surface area contributed by atoms with Crippen molar-refractivity contribution in [3.63, 3.8) is 0 Å². The summed E-state index contributed by atoms with van der Waals surface area (Å²) in [5.74, 6) is 0. The van der Waals surface area contributed by atoms with Crippen LogP contribution in [0.25, 0.3) is 0 Å². The second-order valence-electron chi connectivity index (χ2n) is 5.48. The number of nitrogens with one attached hydrogen (secondary N) is 1. The minimum absolute atomic E-state index is 0.299. The number of rotatable bonds is 2. The minimum atomic E-state index is -0.571. The molecule has 1 saturated heterocycles. The third-order valence-electron chi connectivity index (χ3n) is 2.57. The molecule has 0 aromatic rings. The summed E-state index contributed by atoms with van der Waals surface area (Å²) in [6.45, 7) is 8.62. The number of hydrogen-bond acceptors (Lipinski definition) is 5. The number of hydrogen-bond donors (Lipinski definition) is 1. The maximum Gasteiger partial charge on any atom is 0.428 e. The lowest BCUT2D eigenvalue weighted by Gasteiger charge is -2.26. The van der Waals surface area contributed by atoms with Gasteiger partial charge in [0.1, 0.15) is 5.60 Å². The number of nitrogens with zero attached hydrogens (tertiary/aromatic N) is 2. The van der Waals surface area contributed by atoms with Gasteiger partial charge in [0.15, 0.2) is 0 Å². The summed E-state index contributed by atoms with van der Waals surface area (Å²) in [5.41, 5.74) is 2.67. The Labute approximate surface area is 119 Å². The molecule has 1 aliphatic heterocycles. The minimum Gasteiger partial charge on any atom is -0.450 e. The first-order chi connectivity index (χ1) is 9.31. The van der Waals surface area contributed by atoms with E-state index in [1.54, 1.807) is 32.6 Å². The van der Waals surface area contributed by atoms with E-state index >= 15 is 0 Å². The molecule has 0 spiro atoms. The van der Waals surface area contributed by atoms with Crippen LogP contribution in [-0.2, 0) is 9.47 Å². The van der Waals surface area contributed by atoms with E-state index < -0.39 is 11.7 Å². The fraction of sp³-hybridized carbons (Fsp3) is 0.769. The molecule has 7 nitrogen and oxygen atoms in total. The van der Waals surface area contributed by atoms with Crippen LogP contribution in [0.4, 0.5) is 9.59 Å². The van der Waals surface area contributed by atoms with E-state index in [0.29, 0.717) is 32.5 Å². The van der Waals surface area contributed by atoms with Crippen molar-refractivity contribution in [3.8, 4) is 0 Å². The highest BCUT2D eigenvalue weighted by Gasteiger charge is 2.21. The SMILES string of the molecule is CCOC(=O)N1CCC(=NNC(=O)OC(C)(C)C)CC1. The van der Waals surface area contributed by atoms with Gasteiger partial charge in [-0.2, -0.15) is 5.10 Å². The van der Waals surface area contributed by atoms with Crippen LogP contribution in [0.15, 0.2) is 5.10 Å². The van der Waals surface area contributed by atoms with Crippen LogP contribution in [-0.4, -0.2) is 48.1 Å². The smallest absolute Gasteiger partial charge is 0.428 e. The first-order valence-corrected chi connectivity index (χ1v) is 6.78. The number of piperidine rings is 1. The lowest BCUT2D eigenvalue weighted by Crippen LogP contribution is -2.39. The molecule has 1 fully saturated rings. The highest BCUT2D eigenvalue weighted by Crippen LogP contribution is 2.09. The number of carbonyl (C=O) groups excluding carboxylic acids is 2. The van der Waals surface area contributed by atoms with Crippen molar-refractivity contribution in [2.24, 2.45) is 5.10 Å². The van der Waals surface area contributed by atoms with E-state index in [4.69, 9.17) is 9.47 Å². The van der Waals surface area contributed by atoms with Crippen molar-refractivity contribution in [1.82, 2.24) is 10.3 Å². The zero-order valence-corrected chi connectivity index (χ0v) is 12.6. The average Bonchev–Trinajstić information content (AvgIpc) is 2.35. The molecule has 1 heterocycles. The van der Waals surface area contributed by atoms with Gasteiger partial charge in [0.2, 0.25) is 0 Å². The summed E-state index contributed by atoms with van der Waals surface area (Å²) >= 11 is 0. The predicted molar refractivity (Wildman–Crippen MR) is 74.6 cm³/mol. The Bertz CT molecular complexity index is 378. The first kappa shape index (κ1) is 16.3. The largest absolute Gasteiger partial charge is 0.450 e. The molecule has 2 amide bonds. The zero-order valence-electron chi connectivity index (χ0n) is 12.6. The predicted octanol–water partition coefficient (Wildman–Crippen LogP) is 2.12. The quantitative estimate of drug-likeness (QED) is 0.788. The summed E-state index contributed by atoms with van der Waals surface area (Å²) in [4.78, 5) is 24.6. The van der Waals surface area contributed by atoms with Crippen molar-refractivity contribution in [3.05, 3.63) is 0 Å². The second kappa shape index (κ2) is 7.12. The Morgan fingerprint density at radius 2 is 1.90 bits per heavy atom. The lowest BCUT2D eigenvalue weighted by atomic mass is 10.1.